The molecule has 0 aliphatic heterocycles. The monoisotopic (exact) mass is 286 g/mol. The van der Waals surface area contributed by atoms with E-state index in [1.807, 2.05) is 37.3 Å². The number of rotatable bonds is 6. The third-order valence-electron chi connectivity index (χ3n) is 2.89. The molecule has 0 saturated heterocycles. The van der Waals surface area contributed by atoms with Crippen molar-refractivity contribution >= 4 is 5.91 Å². The maximum Gasteiger partial charge on any atom is 0.265 e. The van der Waals surface area contributed by atoms with Crippen LogP contribution in [0.5, 0.6) is 11.5 Å². The Balaban J connectivity index is 2.19. The second-order valence-electron chi connectivity index (χ2n) is 4.33. The van der Waals surface area contributed by atoms with E-state index in [0.717, 1.165) is 11.3 Å². The number of amides is 1. The summed E-state index contributed by atoms with van der Waals surface area (Å²) in [5.41, 5.74) is 3.37. The number of hydrogen-bond donors (Lipinski definition) is 2. The zero-order valence-corrected chi connectivity index (χ0v) is 11.8. The molecule has 1 amide bonds. The van der Waals surface area contributed by atoms with Crippen molar-refractivity contribution in [1.82, 2.24) is 5.43 Å². The molecule has 110 valence electrons. The summed E-state index contributed by atoms with van der Waals surface area (Å²) in [4.78, 5) is 11.6. The summed E-state index contributed by atoms with van der Waals surface area (Å²) in [5, 5.41) is 0. The highest BCUT2D eigenvalue weighted by Crippen LogP contribution is 2.22. The molecule has 5 nitrogen and oxygen atoms in total. The van der Waals surface area contributed by atoms with E-state index < -0.39 is 0 Å². The summed E-state index contributed by atoms with van der Waals surface area (Å²) in [5.74, 6) is 6.26. The van der Waals surface area contributed by atoms with Crippen LogP contribution in [0.1, 0.15) is 22.8 Å². The SMILES string of the molecule is CCOc1ccc(C(=O)NN)cc1COc1ccccc1. The van der Waals surface area contributed by atoms with Crippen LogP contribution in [-0.2, 0) is 6.61 Å². The molecule has 0 aromatic heterocycles. The van der Waals surface area contributed by atoms with E-state index in [9.17, 15) is 4.79 Å². The molecule has 2 aromatic carbocycles. The number of hydrazine groups is 1. The van der Waals surface area contributed by atoms with Crippen LogP contribution >= 0.6 is 0 Å². The zero-order chi connectivity index (χ0) is 15.1. The maximum absolute atomic E-state index is 11.6. The molecule has 2 rings (SSSR count). The Labute approximate surface area is 123 Å². The molecular formula is C16H18N2O3. The molecule has 0 saturated carbocycles. The number of carbonyl (C=O) groups excluding carboxylic acids is 1. The normalized spacial score (nSPS) is 10.0. The van der Waals surface area contributed by atoms with Gasteiger partial charge in [-0.3, -0.25) is 10.2 Å². The average molecular weight is 286 g/mol. The molecule has 0 unspecified atom stereocenters. The standard InChI is InChI=1S/C16H18N2O3/c1-2-20-15-9-8-12(16(19)18-17)10-13(15)11-21-14-6-4-3-5-7-14/h3-10H,2,11,17H2,1H3,(H,18,19). The van der Waals surface area contributed by atoms with Gasteiger partial charge >= 0.3 is 0 Å². The van der Waals surface area contributed by atoms with Crippen molar-refractivity contribution in [3.05, 3.63) is 59.7 Å². The molecule has 0 bridgehead atoms. The second-order valence-corrected chi connectivity index (χ2v) is 4.33. The summed E-state index contributed by atoms with van der Waals surface area (Å²) in [6.45, 7) is 2.76. The van der Waals surface area contributed by atoms with Gasteiger partial charge in [-0.1, -0.05) is 18.2 Å². The minimum atomic E-state index is -0.348. The summed E-state index contributed by atoms with van der Waals surface area (Å²) >= 11 is 0. The first-order valence-corrected chi connectivity index (χ1v) is 6.69. The lowest BCUT2D eigenvalue weighted by atomic mass is 10.1. The maximum atomic E-state index is 11.6. The van der Waals surface area contributed by atoms with E-state index in [2.05, 4.69) is 5.43 Å². The Morgan fingerprint density at radius 3 is 2.57 bits per heavy atom. The Bertz CT molecular complexity index is 600. The molecular weight excluding hydrogens is 268 g/mol. The van der Waals surface area contributed by atoms with Gasteiger partial charge in [0, 0.05) is 11.1 Å². The fraction of sp³-hybridized carbons (Fsp3) is 0.188. The fourth-order valence-electron chi connectivity index (χ4n) is 1.89. The number of nitrogens with two attached hydrogens (primary N) is 1. The molecule has 0 radical (unpaired) electrons. The summed E-state index contributed by atoms with van der Waals surface area (Å²) in [6, 6.07) is 14.6. The fourth-order valence-corrected chi connectivity index (χ4v) is 1.89. The number of nitrogens with one attached hydrogen (secondary N) is 1. The lowest BCUT2D eigenvalue weighted by Crippen LogP contribution is -2.30. The minimum Gasteiger partial charge on any atom is -0.493 e. The summed E-state index contributed by atoms with van der Waals surface area (Å²) in [7, 11) is 0. The topological polar surface area (TPSA) is 73.6 Å². The van der Waals surface area contributed by atoms with Gasteiger partial charge in [-0.05, 0) is 37.3 Å². The first-order chi connectivity index (χ1) is 10.2. The molecule has 3 N–H and O–H groups in total. The van der Waals surface area contributed by atoms with Crippen molar-refractivity contribution in [2.75, 3.05) is 6.61 Å². The van der Waals surface area contributed by atoms with Gasteiger partial charge in [0.2, 0.25) is 0 Å². The van der Waals surface area contributed by atoms with Crippen molar-refractivity contribution in [2.45, 2.75) is 13.5 Å². The van der Waals surface area contributed by atoms with Gasteiger partial charge in [-0.2, -0.15) is 0 Å². The third kappa shape index (κ3) is 3.97. The molecule has 0 atom stereocenters. The molecule has 0 fully saturated rings. The molecule has 5 heteroatoms. The highest BCUT2D eigenvalue weighted by atomic mass is 16.5. The number of benzene rings is 2. The van der Waals surface area contributed by atoms with E-state index in [-0.39, 0.29) is 5.91 Å². The number of para-hydroxylation sites is 1. The molecule has 2 aromatic rings. The van der Waals surface area contributed by atoms with Crippen LogP contribution in [0.2, 0.25) is 0 Å². The van der Waals surface area contributed by atoms with Crippen LogP contribution in [0.25, 0.3) is 0 Å². The smallest absolute Gasteiger partial charge is 0.265 e. The molecule has 0 spiro atoms. The van der Waals surface area contributed by atoms with Crippen molar-refractivity contribution in [2.24, 2.45) is 5.84 Å². The number of hydrogen-bond acceptors (Lipinski definition) is 4. The highest BCUT2D eigenvalue weighted by Gasteiger charge is 2.10. The second kappa shape index (κ2) is 7.31. The first-order valence-electron chi connectivity index (χ1n) is 6.69. The van der Waals surface area contributed by atoms with Crippen LogP contribution in [0, 0.1) is 0 Å². The van der Waals surface area contributed by atoms with E-state index in [4.69, 9.17) is 15.3 Å². The van der Waals surface area contributed by atoms with Gasteiger partial charge in [-0.25, -0.2) is 5.84 Å². The Morgan fingerprint density at radius 2 is 1.90 bits per heavy atom. The Kier molecular flexibility index (Phi) is 5.17. The van der Waals surface area contributed by atoms with Crippen molar-refractivity contribution in [1.29, 1.82) is 0 Å². The van der Waals surface area contributed by atoms with E-state index in [1.54, 1.807) is 18.2 Å². The zero-order valence-electron chi connectivity index (χ0n) is 11.8. The van der Waals surface area contributed by atoms with Crippen LogP contribution < -0.4 is 20.7 Å². The minimum absolute atomic E-state index is 0.311. The first kappa shape index (κ1) is 14.9. The lowest BCUT2D eigenvalue weighted by molar-refractivity contribution is 0.0953. The quantitative estimate of drug-likeness (QED) is 0.485. The lowest BCUT2D eigenvalue weighted by Gasteiger charge is -2.13. The average Bonchev–Trinajstić information content (AvgIpc) is 2.54. The van der Waals surface area contributed by atoms with Crippen LogP contribution in [0.3, 0.4) is 0 Å². The largest absolute Gasteiger partial charge is 0.493 e. The Hall–Kier alpha value is -2.53. The number of ether oxygens (including phenoxy) is 2. The number of nitrogen functional groups attached to an aromatic ring is 1. The Morgan fingerprint density at radius 1 is 1.14 bits per heavy atom. The predicted molar refractivity (Wildman–Crippen MR) is 80.0 cm³/mol. The van der Waals surface area contributed by atoms with E-state index in [1.165, 1.54) is 0 Å². The molecule has 0 aliphatic rings. The van der Waals surface area contributed by atoms with Crippen LogP contribution in [0.15, 0.2) is 48.5 Å². The summed E-state index contributed by atoms with van der Waals surface area (Å²) in [6.07, 6.45) is 0. The van der Waals surface area contributed by atoms with Gasteiger partial charge < -0.3 is 9.47 Å². The van der Waals surface area contributed by atoms with E-state index in [0.29, 0.717) is 24.5 Å². The van der Waals surface area contributed by atoms with Gasteiger partial charge in [0.25, 0.3) is 5.91 Å². The predicted octanol–water partition coefficient (Wildman–Crippen LogP) is 2.27. The van der Waals surface area contributed by atoms with Gasteiger partial charge in [0.15, 0.2) is 0 Å². The van der Waals surface area contributed by atoms with Gasteiger partial charge in [-0.15, -0.1) is 0 Å². The van der Waals surface area contributed by atoms with Crippen molar-refractivity contribution < 1.29 is 14.3 Å². The molecule has 0 heterocycles. The number of carbonyl (C=O) groups is 1. The van der Waals surface area contributed by atoms with E-state index >= 15 is 0 Å². The van der Waals surface area contributed by atoms with Crippen molar-refractivity contribution in [3.8, 4) is 11.5 Å². The van der Waals surface area contributed by atoms with Crippen LogP contribution in [0.4, 0.5) is 0 Å². The van der Waals surface area contributed by atoms with Gasteiger partial charge in [0.1, 0.15) is 18.1 Å². The van der Waals surface area contributed by atoms with Crippen molar-refractivity contribution in [3.63, 3.8) is 0 Å². The van der Waals surface area contributed by atoms with Crippen LogP contribution in [-0.4, -0.2) is 12.5 Å². The van der Waals surface area contributed by atoms with Gasteiger partial charge in [0.05, 0.1) is 6.61 Å². The molecule has 0 aliphatic carbocycles. The molecule has 21 heavy (non-hydrogen) atoms. The third-order valence-corrected chi connectivity index (χ3v) is 2.89. The highest BCUT2D eigenvalue weighted by molar-refractivity contribution is 5.94. The summed E-state index contributed by atoms with van der Waals surface area (Å²) < 4.78 is 11.3.